The molecule has 0 radical (unpaired) electrons. The topological polar surface area (TPSA) is 63.2 Å². The van der Waals surface area contributed by atoms with Gasteiger partial charge in [-0.1, -0.05) is 13.3 Å². The van der Waals surface area contributed by atoms with E-state index >= 15 is 0 Å². The molecule has 2 N–H and O–H groups in total. The molecule has 21 heavy (non-hydrogen) atoms. The number of aryl methyl sites for hydroxylation is 1. The molecule has 1 aromatic rings. The number of rotatable bonds is 5. The van der Waals surface area contributed by atoms with Gasteiger partial charge >= 0.3 is 0 Å². The van der Waals surface area contributed by atoms with Crippen LogP contribution in [0.4, 0.5) is 5.82 Å². The van der Waals surface area contributed by atoms with Crippen LogP contribution in [0.1, 0.15) is 49.7 Å². The van der Waals surface area contributed by atoms with E-state index in [1.165, 1.54) is 0 Å². The number of amides is 1. The van der Waals surface area contributed by atoms with Gasteiger partial charge in [0.25, 0.3) is 5.91 Å². The number of hydrogen-bond donors (Lipinski definition) is 2. The molecule has 0 spiro atoms. The van der Waals surface area contributed by atoms with Crippen molar-refractivity contribution in [3.05, 3.63) is 23.4 Å². The summed E-state index contributed by atoms with van der Waals surface area (Å²) >= 11 is 0. The number of hydrogen-bond acceptors (Lipinski definition) is 4. The van der Waals surface area contributed by atoms with E-state index in [1.54, 1.807) is 6.07 Å². The van der Waals surface area contributed by atoms with Crippen LogP contribution in [0.3, 0.4) is 0 Å². The number of aromatic nitrogens is 1. The minimum absolute atomic E-state index is 0.0298. The third-order valence-electron chi connectivity index (χ3n) is 4.19. The first-order valence-electron chi connectivity index (χ1n) is 7.61. The average molecular weight is 291 g/mol. The van der Waals surface area contributed by atoms with Crippen LogP contribution < -0.4 is 10.6 Å². The van der Waals surface area contributed by atoms with Crippen molar-refractivity contribution in [1.82, 2.24) is 10.3 Å². The minimum Gasteiger partial charge on any atom is -0.376 e. The monoisotopic (exact) mass is 291 g/mol. The molecule has 1 aliphatic heterocycles. The highest BCUT2D eigenvalue weighted by Crippen LogP contribution is 2.25. The second-order valence-corrected chi connectivity index (χ2v) is 5.87. The van der Waals surface area contributed by atoms with Crippen molar-refractivity contribution < 1.29 is 9.53 Å². The standard InChI is InChI=1S/C16H25N3O2/c1-5-6-13-9-12(10-14(17-4)18-13)15(20)19-16(3)7-8-21-11(16)2/h9-11H,5-8H2,1-4H3,(H,17,18)(H,19,20). The molecule has 1 fully saturated rings. The van der Waals surface area contributed by atoms with E-state index in [0.29, 0.717) is 12.2 Å². The van der Waals surface area contributed by atoms with Crippen molar-refractivity contribution in [2.45, 2.75) is 51.7 Å². The lowest BCUT2D eigenvalue weighted by Gasteiger charge is -2.29. The molecule has 2 unspecified atom stereocenters. The molecule has 1 saturated heterocycles. The fraction of sp³-hybridized carbons (Fsp3) is 0.625. The number of anilines is 1. The Bertz CT molecular complexity index is 518. The number of carbonyl (C=O) groups excluding carboxylic acids is 1. The first kappa shape index (κ1) is 15.8. The maximum Gasteiger partial charge on any atom is 0.251 e. The van der Waals surface area contributed by atoms with Gasteiger partial charge in [0.2, 0.25) is 0 Å². The van der Waals surface area contributed by atoms with Crippen LogP contribution in [0.25, 0.3) is 0 Å². The van der Waals surface area contributed by atoms with Gasteiger partial charge in [0.05, 0.1) is 11.6 Å². The summed E-state index contributed by atoms with van der Waals surface area (Å²) < 4.78 is 5.57. The lowest BCUT2D eigenvalue weighted by atomic mass is 9.94. The Labute approximate surface area is 126 Å². The SMILES string of the molecule is CCCc1cc(C(=O)NC2(C)CCOC2C)cc(NC)n1. The summed E-state index contributed by atoms with van der Waals surface area (Å²) in [7, 11) is 1.81. The zero-order valence-corrected chi connectivity index (χ0v) is 13.3. The summed E-state index contributed by atoms with van der Waals surface area (Å²) in [5.41, 5.74) is 1.29. The summed E-state index contributed by atoms with van der Waals surface area (Å²) in [5.74, 6) is 0.665. The molecular formula is C16H25N3O2. The molecule has 2 rings (SSSR count). The van der Waals surface area contributed by atoms with Crippen LogP contribution in [0.15, 0.2) is 12.1 Å². The quantitative estimate of drug-likeness (QED) is 0.874. The van der Waals surface area contributed by atoms with Crippen LogP contribution in [0.5, 0.6) is 0 Å². The van der Waals surface area contributed by atoms with E-state index in [9.17, 15) is 4.79 Å². The van der Waals surface area contributed by atoms with Crippen LogP contribution in [0, 0.1) is 0 Å². The van der Waals surface area contributed by atoms with Gasteiger partial charge in [0.15, 0.2) is 0 Å². The van der Waals surface area contributed by atoms with Gasteiger partial charge in [-0.2, -0.15) is 0 Å². The zero-order chi connectivity index (χ0) is 15.5. The Morgan fingerprint density at radius 2 is 2.29 bits per heavy atom. The smallest absolute Gasteiger partial charge is 0.251 e. The predicted octanol–water partition coefficient (Wildman–Crippen LogP) is 2.37. The number of carbonyl (C=O) groups is 1. The summed E-state index contributed by atoms with van der Waals surface area (Å²) in [5, 5.41) is 6.14. The van der Waals surface area contributed by atoms with Crippen molar-refractivity contribution in [2.24, 2.45) is 0 Å². The normalized spacial score (nSPS) is 24.9. The van der Waals surface area contributed by atoms with Crippen molar-refractivity contribution >= 4 is 11.7 Å². The van der Waals surface area contributed by atoms with Crippen molar-refractivity contribution in [3.8, 4) is 0 Å². The fourth-order valence-corrected chi connectivity index (χ4v) is 2.56. The van der Waals surface area contributed by atoms with Crippen LogP contribution in [0.2, 0.25) is 0 Å². The van der Waals surface area contributed by atoms with Gasteiger partial charge in [-0.15, -0.1) is 0 Å². The molecule has 0 saturated carbocycles. The molecule has 1 aliphatic rings. The highest BCUT2D eigenvalue weighted by molar-refractivity contribution is 5.95. The second kappa shape index (κ2) is 6.43. The Morgan fingerprint density at radius 1 is 1.52 bits per heavy atom. The van der Waals surface area contributed by atoms with Gasteiger partial charge in [-0.05, 0) is 38.8 Å². The Hall–Kier alpha value is -1.62. The highest BCUT2D eigenvalue weighted by Gasteiger charge is 2.38. The van der Waals surface area contributed by atoms with E-state index in [4.69, 9.17) is 4.74 Å². The van der Waals surface area contributed by atoms with Crippen LogP contribution in [-0.2, 0) is 11.2 Å². The van der Waals surface area contributed by atoms with Gasteiger partial charge in [0, 0.05) is 24.9 Å². The molecule has 116 valence electrons. The molecular weight excluding hydrogens is 266 g/mol. The van der Waals surface area contributed by atoms with Gasteiger partial charge in [0.1, 0.15) is 5.82 Å². The summed E-state index contributed by atoms with van der Waals surface area (Å²) in [6.45, 7) is 6.83. The molecule has 0 aromatic carbocycles. The molecule has 2 atom stereocenters. The first-order chi connectivity index (χ1) is 9.98. The van der Waals surface area contributed by atoms with E-state index in [0.717, 1.165) is 30.8 Å². The summed E-state index contributed by atoms with van der Waals surface area (Å²) in [6, 6.07) is 3.67. The molecule has 2 heterocycles. The maximum atomic E-state index is 12.6. The van der Waals surface area contributed by atoms with Crippen molar-refractivity contribution in [2.75, 3.05) is 19.0 Å². The largest absolute Gasteiger partial charge is 0.376 e. The highest BCUT2D eigenvalue weighted by atomic mass is 16.5. The molecule has 1 amide bonds. The molecule has 5 heteroatoms. The van der Waals surface area contributed by atoms with E-state index < -0.39 is 0 Å². The van der Waals surface area contributed by atoms with E-state index in [1.807, 2.05) is 27.0 Å². The number of ether oxygens (including phenoxy) is 1. The van der Waals surface area contributed by atoms with Gasteiger partial charge in [-0.25, -0.2) is 4.98 Å². The predicted molar refractivity (Wildman–Crippen MR) is 83.7 cm³/mol. The van der Waals surface area contributed by atoms with E-state index in [-0.39, 0.29) is 17.6 Å². The minimum atomic E-state index is -0.301. The molecule has 1 aromatic heterocycles. The molecule has 0 aliphatic carbocycles. The third-order valence-corrected chi connectivity index (χ3v) is 4.19. The number of nitrogens with zero attached hydrogens (tertiary/aromatic N) is 1. The van der Waals surface area contributed by atoms with E-state index in [2.05, 4.69) is 22.5 Å². The first-order valence-corrected chi connectivity index (χ1v) is 7.61. The zero-order valence-electron chi connectivity index (χ0n) is 13.3. The Morgan fingerprint density at radius 3 is 2.86 bits per heavy atom. The van der Waals surface area contributed by atoms with Gasteiger partial charge in [-0.3, -0.25) is 4.79 Å². The second-order valence-electron chi connectivity index (χ2n) is 5.87. The fourth-order valence-electron chi connectivity index (χ4n) is 2.56. The lowest BCUT2D eigenvalue weighted by Crippen LogP contribution is -2.50. The van der Waals surface area contributed by atoms with Crippen molar-refractivity contribution in [1.29, 1.82) is 0 Å². The lowest BCUT2D eigenvalue weighted by molar-refractivity contribution is 0.0727. The maximum absolute atomic E-state index is 12.6. The molecule has 0 bridgehead atoms. The van der Waals surface area contributed by atoms with Crippen LogP contribution >= 0.6 is 0 Å². The van der Waals surface area contributed by atoms with Gasteiger partial charge < -0.3 is 15.4 Å². The van der Waals surface area contributed by atoms with Crippen LogP contribution in [-0.4, -0.2) is 36.2 Å². The molecule has 5 nitrogen and oxygen atoms in total. The number of pyridine rings is 1. The third kappa shape index (κ3) is 3.53. The summed E-state index contributed by atoms with van der Waals surface area (Å²) in [6.07, 6.45) is 2.74. The Balaban J connectivity index is 2.20. The number of nitrogens with one attached hydrogen (secondary N) is 2. The Kier molecular flexibility index (Phi) is 4.83. The van der Waals surface area contributed by atoms with Crippen molar-refractivity contribution in [3.63, 3.8) is 0 Å². The average Bonchev–Trinajstić information content (AvgIpc) is 2.78. The summed E-state index contributed by atoms with van der Waals surface area (Å²) in [4.78, 5) is 17.0.